The number of quaternary nitrogens is 1. The molecular weight excluding hydrogens is 570 g/mol. The van der Waals surface area contributed by atoms with Crippen molar-refractivity contribution >= 4 is 30.5 Å². The van der Waals surface area contributed by atoms with E-state index >= 15 is 0 Å². The average Bonchev–Trinajstić information content (AvgIpc) is 3.42. The van der Waals surface area contributed by atoms with Crippen LogP contribution in [0.2, 0.25) is 0 Å². The van der Waals surface area contributed by atoms with Gasteiger partial charge in [-0.1, -0.05) is 103 Å². The molecule has 3 amide bonds. The maximum Gasteiger partial charge on any atom is 0.407 e. The van der Waals surface area contributed by atoms with Crippen LogP contribution in [0.25, 0.3) is 0 Å². The highest BCUT2D eigenvalue weighted by molar-refractivity contribution is 5.85. The summed E-state index contributed by atoms with van der Waals surface area (Å²) in [6.07, 6.45) is 21.4. The lowest BCUT2D eigenvalue weighted by molar-refractivity contribution is -0.862. The highest BCUT2D eigenvalue weighted by Gasteiger charge is 2.44. The number of carbonyl (C=O) groups is 3. The van der Waals surface area contributed by atoms with Gasteiger partial charge in [0.15, 0.2) is 0 Å². The fourth-order valence-electron chi connectivity index (χ4n) is 6.06. The van der Waals surface area contributed by atoms with Crippen LogP contribution in [-0.4, -0.2) is 81.2 Å². The van der Waals surface area contributed by atoms with Gasteiger partial charge in [0.05, 0.1) is 26.6 Å². The van der Waals surface area contributed by atoms with Crippen molar-refractivity contribution in [3.8, 4) is 0 Å². The van der Waals surface area contributed by atoms with E-state index in [0.29, 0.717) is 17.6 Å². The van der Waals surface area contributed by atoms with Gasteiger partial charge in [-0.2, -0.15) is 0 Å². The Morgan fingerprint density at radius 1 is 0.744 bits per heavy atom. The first-order valence-corrected chi connectivity index (χ1v) is 17.1. The van der Waals surface area contributed by atoms with Crippen LogP contribution in [0.5, 0.6) is 0 Å². The normalized spacial score (nSPS) is 18.5. The maximum atomic E-state index is 12.2. The Bertz CT molecular complexity index is 729. The second kappa shape index (κ2) is 26.8. The quantitative estimate of drug-likeness (QED) is 0.0788. The van der Waals surface area contributed by atoms with E-state index in [4.69, 9.17) is 14.2 Å². The van der Waals surface area contributed by atoms with Gasteiger partial charge in [-0.05, 0) is 13.3 Å². The summed E-state index contributed by atoms with van der Waals surface area (Å²) in [4.78, 5) is 36.4. The lowest BCUT2D eigenvalue weighted by Crippen LogP contribution is -2.58. The van der Waals surface area contributed by atoms with E-state index < -0.39 is 18.3 Å². The summed E-state index contributed by atoms with van der Waals surface area (Å²) in [6.45, 7) is 8.40. The van der Waals surface area contributed by atoms with Crippen molar-refractivity contribution in [2.24, 2.45) is 0 Å². The highest BCUT2D eigenvalue weighted by atomic mass is 35.5. The minimum absolute atomic E-state index is 0. The first-order chi connectivity index (χ1) is 20.4. The zero-order chi connectivity index (χ0) is 30.9. The Balaban J connectivity index is 0.0000176. The number of likely N-dealkylation sites (tertiary alicyclic amines) is 1. The third-order valence-corrected chi connectivity index (χ3v) is 8.90. The number of halogens is 1. The molecule has 2 N–H and O–H groups in total. The van der Waals surface area contributed by atoms with E-state index in [2.05, 4.69) is 17.6 Å². The van der Waals surface area contributed by atoms with Crippen LogP contribution in [0, 0.1) is 0 Å². The van der Waals surface area contributed by atoms with Gasteiger partial charge in [0.2, 0.25) is 0 Å². The third kappa shape index (κ3) is 18.7. The number of nitrogens with zero attached hydrogens (tertiary/aromatic N) is 1. The smallest absolute Gasteiger partial charge is 0.407 e. The predicted octanol–water partition coefficient (Wildman–Crippen LogP) is 7.68. The number of alkyl carbamates (subject to hydrolysis) is 2. The Kier molecular flexibility index (Phi) is 25.8. The molecule has 1 saturated heterocycles. The van der Waals surface area contributed by atoms with E-state index in [-0.39, 0.29) is 37.6 Å². The molecule has 1 fully saturated rings. The second-order valence-electron chi connectivity index (χ2n) is 12.1. The summed E-state index contributed by atoms with van der Waals surface area (Å²) in [7, 11) is 1.49. The van der Waals surface area contributed by atoms with Crippen molar-refractivity contribution in [2.45, 2.75) is 148 Å². The van der Waals surface area contributed by atoms with Crippen molar-refractivity contribution in [1.29, 1.82) is 0 Å². The molecule has 1 aliphatic rings. The number of unbranched alkanes of at least 4 members (excludes halogenated alkanes) is 15. The number of nitrogens with one attached hydrogen (secondary N) is 2. The monoisotopic (exact) mass is 634 g/mol. The number of carbonyl (C=O) groups excluding carboxylic acids is 3. The largest absolute Gasteiger partial charge is 0.447 e. The summed E-state index contributed by atoms with van der Waals surface area (Å²) in [5, 5.41) is 5.57. The first-order valence-electron chi connectivity index (χ1n) is 17.1. The molecule has 0 aromatic heterocycles. The van der Waals surface area contributed by atoms with Gasteiger partial charge in [0, 0.05) is 26.5 Å². The molecule has 10 heteroatoms. The molecule has 0 aromatic carbocycles. The fourth-order valence-corrected chi connectivity index (χ4v) is 6.06. The van der Waals surface area contributed by atoms with Crippen LogP contribution in [0.15, 0.2) is 0 Å². The summed E-state index contributed by atoms with van der Waals surface area (Å²) in [5.41, 5.74) is 0. The Morgan fingerprint density at radius 3 is 1.65 bits per heavy atom. The van der Waals surface area contributed by atoms with Crippen molar-refractivity contribution < 1.29 is 33.1 Å². The van der Waals surface area contributed by atoms with Crippen LogP contribution in [-0.2, 0) is 19.0 Å². The van der Waals surface area contributed by atoms with Gasteiger partial charge in [-0.15, -0.1) is 12.4 Å². The van der Waals surface area contributed by atoms with Crippen molar-refractivity contribution in [3.63, 3.8) is 0 Å². The predicted molar refractivity (Wildman–Crippen MR) is 176 cm³/mol. The molecule has 1 heterocycles. The van der Waals surface area contributed by atoms with Crippen molar-refractivity contribution in [3.05, 3.63) is 0 Å². The van der Waals surface area contributed by atoms with Gasteiger partial charge >= 0.3 is 18.1 Å². The van der Waals surface area contributed by atoms with Crippen LogP contribution in [0.4, 0.5) is 9.59 Å². The molecular formula is C33H65ClN3O6+. The van der Waals surface area contributed by atoms with Crippen LogP contribution >= 0.6 is 12.4 Å². The van der Waals surface area contributed by atoms with E-state index in [1.54, 1.807) is 6.92 Å². The number of hydrogen-bond acceptors (Lipinski definition) is 6. The lowest BCUT2D eigenvalue weighted by atomic mass is 10.0. The lowest BCUT2D eigenvalue weighted by Gasteiger charge is -2.35. The zero-order valence-corrected chi connectivity index (χ0v) is 28.7. The molecule has 0 saturated carbocycles. The minimum atomic E-state index is -0.561. The summed E-state index contributed by atoms with van der Waals surface area (Å²) >= 11 is 0. The molecule has 0 radical (unpaired) electrons. The molecule has 3 atom stereocenters. The molecule has 0 spiro atoms. The van der Waals surface area contributed by atoms with Gasteiger partial charge in [0.1, 0.15) is 25.4 Å². The van der Waals surface area contributed by atoms with E-state index in [1.165, 1.54) is 97.0 Å². The highest BCUT2D eigenvalue weighted by Crippen LogP contribution is 2.27. The fraction of sp³-hybridized carbons (Fsp3) is 0.909. The molecule has 0 bridgehead atoms. The molecule has 0 aromatic rings. The minimum Gasteiger partial charge on any atom is -0.447 e. The SMILES string of the molecule is CCCCCCCCCCCCCCCCCCNC(=O)OCC(COC(=O)NCC1CCC[N+]1(CC)C(C)=O)OC.Cl. The number of likely N-dealkylation sites (N-methyl/N-ethyl adjacent to an activating group) is 1. The second-order valence-corrected chi connectivity index (χ2v) is 12.1. The standard InChI is InChI=1S/C33H63N3O6.ClH/c1-5-7-8-9-10-11-12-13-14-15-16-17-18-19-20-21-24-34-32(38)41-27-31(40-4)28-42-33(39)35-26-30-23-22-25-36(30,6-2)29(3)37;/h30-31H,5-28H2,1-4H3,(H-,34,35,38,39);1H/p+1. The van der Waals surface area contributed by atoms with Gasteiger partial charge in [-0.3, -0.25) is 4.48 Å². The maximum absolute atomic E-state index is 12.2. The molecule has 43 heavy (non-hydrogen) atoms. The molecule has 254 valence electrons. The van der Waals surface area contributed by atoms with Crippen LogP contribution < -0.4 is 10.6 Å². The molecule has 1 aliphatic heterocycles. The number of rotatable bonds is 25. The van der Waals surface area contributed by atoms with Crippen LogP contribution in [0.3, 0.4) is 0 Å². The van der Waals surface area contributed by atoms with Gasteiger partial charge < -0.3 is 24.8 Å². The Hall–Kier alpha value is -1.58. The van der Waals surface area contributed by atoms with Gasteiger partial charge in [-0.25, -0.2) is 14.4 Å². The average molecular weight is 635 g/mol. The van der Waals surface area contributed by atoms with Crippen molar-refractivity contribution in [2.75, 3.05) is 46.5 Å². The zero-order valence-electron chi connectivity index (χ0n) is 27.9. The summed E-state index contributed by atoms with van der Waals surface area (Å²) < 4.78 is 16.2. The topological polar surface area (TPSA) is 103 Å². The first kappa shape index (κ1) is 41.4. The Morgan fingerprint density at radius 2 is 1.21 bits per heavy atom. The molecule has 1 rings (SSSR count). The Labute approximate surface area is 268 Å². The van der Waals surface area contributed by atoms with E-state index in [1.807, 2.05) is 6.92 Å². The third-order valence-electron chi connectivity index (χ3n) is 8.90. The number of methoxy groups -OCH3 is 1. The molecule has 9 nitrogen and oxygen atoms in total. The van der Waals surface area contributed by atoms with E-state index in [9.17, 15) is 14.4 Å². The molecule has 0 aliphatic carbocycles. The van der Waals surface area contributed by atoms with Crippen molar-refractivity contribution in [1.82, 2.24) is 10.6 Å². The van der Waals surface area contributed by atoms with E-state index in [0.717, 1.165) is 38.8 Å². The summed E-state index contributed by atoms with van der Waals surface area (Å²) in [5.74, 6) is 0.139. The number of hydrogen-bond donors (Lipinski definition) is 2. The number of amides is 3. The number of ether oxygens (including phenoxy) is 3. The summed E-state index contributed by atoms with van der Waals surface area (Å²) in [6, 6.07) is 0.0691. The van der Waals surface area contributed by atoms with Crippen LogP contribution in [0.1, 0.15) is 136 Å². The molecule has 3 unspecified atom stereocenters. The van der Waals surface area contributed by atoms with Gasteiger partial charge in [0.25, 0.3) is 0 Å².